The number of H-pyrrole nitrogens is 2. The maximum absolute atomic E-state index is 11.9. The molecule has 2 aliphatic heterocycles. The van der Waals surface area contributed by atoms with Gasteiger partial charge in [-0.3, -0.25) is 14.8 Å². The molecule has 3 aromatic rings. The van der Waals surface area contributed by atoms with Gasteiger partial charge >= 0.3 is 0 Å². The van der Waals surface area contributed by atoms with Crippen LogP contribution in [0.25, 0.3) is 10.9 Å². The third-order valence-corrected chi connectivity index (χ3v) is 6.39. The monoisotopic (exact) mass is 418 g/mol. The zero-order chi connectivity index (χ0) is 21.4. The van der Waals surface area contributed by atoms with Gasteiger partial charge in [0.15, 0.2) is 5.82 Å². The summed E-state index contributed by atoms with van der Waals surface area (Å²) in [6.07, 6.45) is 5.03. The van der Waals surface area contributed by atoms with Gasteiger partial charge in [-0.05, 0) is 38.7 Å². The third kappa shape index (κ3) is 3.99. The van der Waals surface area contributed by atoms with Gasteiger partial charge in [0.25, 0.3) is 0 Å². The normalized spacial score (nSPS) is 23.0. The molecule has 2 unspecified atom stereocenters. The molecule has 5 heterocycles. The van der Waals surface area contributed by atoms with Crippen LogP contribution in [-0.4, -0.2) is 49.7 Å². The van der Waals surface area contributed by atoms with Gasteiger partial charge in [-0.25, -0.2) is 4.98 Å². The molecule has 0 aromatic carbocycles. The maximum atomic E-state index is 11.9. The minimum absolute atomic E-state index is 0.143. The van der Waals surface area contributed by atoms with E-state index in [1.807, 2.05) is 25.1 Å². The predicted octanol–water partition coefficient (Wildman–Crippen LogP) is 3.02. The molecule has 0 amide bonds. The van der Waals surface area contributed by atoms with Crippen LogP contribution in [0.15, 0.2) is 29.1 Å². The standard InChI is InChI=1S/C22H26N8O/c1-13-9-20(29-28-13)26-19-12-18-17(5-6-21(31)25-18)22(27-19)24-14-10-15-3-4-16(11-14)30(15)8-2-7-23/h5-6,9,12,14-16H,2-4,8,10-11H2,1H3,(H,25,31)(H3,24,26,27,28,29). The highest BCUT2D eigenvalue weighted by molar-refractivity contribution is 5.91. The topological polar surface area (TPSA) is 126 Å². The Kier molecular flexibility index (Phi) is 5.08. The predicted molar refractivity (Wildman–Crippen MR) is 119 cm³/mol. The second kappa shape index (κ2) is 8.04. The van der Waals surface area contributed by atoms with E-state index in [0.29, 0.717) is 36.2 Å². The summed E-state index contributed by atoms with van der Waals surface area (Å²) in [5.41, 5.74) is 1.54. The van der Waals surface area contributed by atoms with E-state index in [2.05, 4.69) is 36.8 Å². The molecule has 2 bridgehead atoms. The molecule has 2 aliphatic rings. The van der Waals surface area contributed by atoms with Crippen LogP contribution in [0.3, 0.4) is 0 Å². The Morgan fingerprint density at radius 2 is 2.03 bits per heavy atom. The first kappa shape index (κ1) is 19.6. The first-order valence-corrected chi connectivity index (χ1v) is 10.8. The van der Waals surface area contributed by atoms with Crippen molar-refractivity contribution in [1.29, 1.82) is 5.26 Å². The first-order chi connectivity index (χ1) is 15.1. The Hall–Kier alpha value is -3.38. The minimum atomic E-state index is -0.143. The van der Waals surface area contributed by atoms with Crippen molar-refractivity contribution >= 4 is 28.4 Å². The number of hydrogen-bond acceptors (Lipinski definition) is 7. The summed E-state index contributed by atoms with van der Waals surface area (Å²) in [4.78, 5) is 22.2. The van der Waals surface area contributed by atoms with E-state index in [0.717, 1.165) is 41.8 Å². The van der Waals surface area contributed by atoms with E-state index < -0.39 is 0 Å². The number of nitriles is 1. The van der Waals surface area contributed by atoms with Gasteiger partial charge in [0, 0.05) is 60.4 Å². The molecule has 2 fully saturated rings. The molecule has 9 heteroatoms. The number of aryl methyl sites for hydroxylation is 1. The van der Waals surface area contributed by atoms with Crippen molar-refractivity contribution in [2.24, 2.45) is 0 Å². The fraction of sp³-hybridized carbons (Fsp3) is 0.455. The highest BCUT2D eigenvalue weighted by Gasteiger charge is 2.40. The highest BCUT2D eigenvalue weighted by atomic mass is 16.1. The second-order valence-electron chi connectivity index (χ2n) is 8.54. The van der Waals surface area contributed by atoms with E-state index in [-0.39, 0.29) is 5.56 Å². The van der Waals surface area contributed by atoms with E-state index in [1.165, 1.54) is 18.9 Å². The Labute approximate surface area is 179 Å². The van der Waals surface area contributed by atoms with Crippen molar-refractivity contribution < 1.29 is 0 Å². The maximum Gasteiger partial charge on any atom is 0.248 e. The summed E-state index contributed by atoms with van der Waals surface area (Å²) in [5.74, 6) is 2.06. The fourth-order valence-electron chi connectivity index (χ4n) is 5.08. The van der Waals surface area contributed by atoms with Crippen LogP contribution in [0.4, 0.5) is 17.5 Å². The fourth-order valence-corrected chi connectivity index (χ4v) is 5.08. The average Bonchev–Trinajstić information content (AvgIpc) is 3.25. The van der Waals surface area contributed by atoms with Crippen LogP contribution in [0, 0.1) is 18.3 Å². The molecule has 0 aliphatic carbocycles. The lowest BCUT2D eigenvalue weighted by Crippen LogP contribution is -2.47. The molecule has 2 atom stereocenters. The number of aromatic nitrogens is 4. The lowest BCUT2D eigenvalue weighted by atomic mass is 9.97. The molecule has 160 valence electrons. The quantitative estimate of drug-likeness (QED) is 0.485. The minimum Gasteiger partial charge on any atom is -0.367 e. The van der Waals surface area contributed by atoms with Crippen LogP contribution in [0.1, 0.15) is 37.8 Å². The summed E-state index contributed by atoms with van der Waals surface area (Å²) in [5, 5.41) is 23.9. The number of rotatable bonds is 6. The molecule has 2 saturated heterocycles. The third-order valence-electron chi connectivity index (χ3n) is 6.39. The zero-order valence-corrected chi connectivity index (χ0v) is 17.5. The molecule has 0 saturated carbocycles. The van der Waals surface area contributed by atoms with E-state index in [9.17, 15) is 4.79 Å². The molecular weight excluding hydrogens is 392 g/mol. The van der Waals surface area contributed by atoms with Crippen LogP contribution in [0.5, 0.6) is 0 Å². The van der Waals surface area contributed by atoms with Gasteiger partial charge in [-0.15, -0.1) is 0 Å². The lowest BCUT2D eigenvalue weighted by Gasteiger charge is -2.39. The van der Waals surface area contributed by atoms with Crippen molar-refractivity contribution in [3.8, 4) is 6.07 Å². The number of piperidine rings is 1. The van der Waals surface area contributed by atoms with Gasteiger partial charge in [0.05, 0.1) is 11.6 Å². The number of nitrogens with one attached hydrogen (secondary N) is 4. The van der Waals surface area contributed by atoms with Crippen molar-refractivity contribution in [2.45, 2.75) is 57.2 Å². The summed E-state index contributed by atoms with van der Waals surface area (Å²) < 4.78 is 0. The summed E-state index contributed by atoms with van der Waals surface area (Å²) in [6.45, 7) is 2.80. The van der Waals surface area contributed by atoms with Crippen molar-refractivity contribution in [1.82, 2.24) is 25.1 Å². The van der Waals surface area contributed by atoms with Crippen molar-refractivity contribution in [3.05, 3.63) is 40.3 Å². The van der Waals surface area contributed by atoms with Gasteiger partial charge < -0.3 is 15.6 Å². The smallest absolute Gasteiger partial charge is 0.248 e. The van der Waals surface area contributed by atoms with Gasteiger partial charge in [0.1, 0.15) is 11.6 Å². The highest BCUT2D eigenvalue weighted by Crippen LogP contribution is 2.37. The summed E-state index contributed by atoms with van der Waals surface area (Å²) in [7, 11) is 0. The molecular formula is C22H26N8O. The zero-order valence-electron chi connectivity index (χ0n) is 17.5. The Balaban J connectivity index is 1.41. The number of nitrogens with zero attached hydrogens (tertiary/aromatic N) is 4. The van der Waals surface area contributed by atoms with Crippen LogP contribution >= 0.6 is 0 Å². The van der Waals surface area contributed by atoms with Crippen molar-refractivity contribution in [2.75, 3.05) is 17.2 Å². The first-order valence-electron chi connectivity index (χ1n) is 10.8. The van der Waals surface area contributed by atoms with Crippen LogP contribution < -0.4 is 16.2 Å². The van der Waals surface area contributed by atoms with Crippen LogP contribution in [-0.2, 0) is 0 Å². The summed E-state index contributed by atoms with van der Waals surface area (Å²) >= 11 is 0. The van der Waals surface area contributed by atoms with Gasteiger partial charge in [-0.2, -0.15) is 10.4 Å². The summed E-state index contributed by atoms with van der Waals surface area (Å²) in [6, 6.07) is 10.7. The Morgan fingerprint density at radius 1 is 1.23 bits per heavy atom. The lowest BCUT2D eigenvalue weighted by molar-refractivity contribution is 0.136. The molecule has 9 nitrogen and oxygen atoms in total. The van der Waals surface area contributed by atoms with Crippen LogP contribution in [0.2, 0.25) is 0 Å². The Bertz CT molecular complexity index is 1180. The number of anilines is 3. The molecule has 5 rings (SSSR count). The van der Waals surface area contributed by atoms with E-state index in [1.54, 1.807) is 0 Å². The molecule has 0 spiro atoms. The molecule has 31 heavy (non-hydrogen) atoms. The number of fused-ring (bicyclic) bond motifs is 3. The second-order valence-corrected chi connectivity index (χ2v) is 8.54. The largest absolute Gasteiger partial charge is 0.367 e. The number of hydrogen-bond donors (Lipinski definition) is 4. The number of aromatic amines is 2. The average molecular weight is 419 g/mol. The SMILES string of the molecule is Cc1cc(Nc2cc3[nH]c(=O)ccc3c(NC3CC4CCC(C3)N4CCC#N)n2)n[nH]1. The number of pyridine rings is 2. The Morgan fingerprint density at radius 3 is 2.74 bits per heavy atom. The van der Waals surface area contributed by atoms with Crippen molar-refractivity contribution in [3.63, 3.8) is 0 Å². The van der Waals surface area contributed by atoms with Gasteiger partial charge in [0.2, 0.25) is 5.56 Å². The van der Waals surface area contributed by atoms with E-state index >= 15 is 0 Å². The molecule has 3 aromatic heterocycles. The molecule has 4 N–H and O–H groups in total. The van der Waals surface area contributed by atoms with Gasteiger partial charge in [-0.1, -0.05) is 0 Å². The molecule has 0 radical (unpaired) electrons. The van der Waals surface area contributed by atoms with E-state index in [4.69, 9.17) is 10.2 Å².